The number of fused-ring (bicyclic) bond motifs is 4. The third-order valence-electron chi connectivity index (χ3n) is 6.46. The van der Waals surface area contributed by atoms with Gasteiger partial charge in [0.1, 0.15) is 0 Å². The first-order chi connectivity index (χ1) is 15.1. The van der Waals surface area contributed by atoms with Crippen LogP contribution in [0.25, 0.3) is 26.4 Å². The number of hydrogen-bond donors (Lipinski definition) is 3. The predicted molar refractivity (Wildman–Crippen MR) is 121 cm³/mol. The largest absolute Gasteiger partial charge is 0.355 e. The van der Waals surface area contributed by atoms with E-state index in [0.717, 1.165) is 33.0 Å². The van der Waals surface area contributed by atoms with Gasteiger partial charge in [-0.05, 0) is 42.7 Å². The lowest BCUT2D eigenvalue weighted by Gasteiger charge is -2.35. The number of nitrogens with one attached hydrogen (secondary N) is 3. The third-order valence-corrected chi connectivity index (χ3v) is 7.48. The van der Waals surface area contributed by atoms with Gasteiger partial charge in [-0.1, -0.05) is 23.5 Å². The maximum Gasteiger partial charge on any atom is 0.251 e. The lowest BCUT2D eigenvalue weighted by molar-refractivity contribution is 0.0891. The summed E-state index contributed by atoms with van der Waals surface area (Å²) >= 11 is 1.57. The van der Waals surface area contributed by atoms with E-state index in [1.807, 2.05) is 36.5 Å². The van der Waals surface area contributed by atoms with Crippen LogP contribution >= 0.6 is 11.3 Å². The zero-order valence-corrected chi connectivity index (χ0v) is 17.7. The zero-order valence-electron chi connectivity index (χ0n) is 16.9. The van der Waals surface area contributed by atoms with Crippen molar-refractivity contribution >= 4 is 38.3 Å². The second kappa shape index (κ2) is 6.90. The molecule has 2 amide bonds. The van der Waals surface area contributed by atoms with Crippen LogP contribution < -0.4 is 16.0 Å². The topological polar surface area (TPSA) is 87.5 Å². The van der Waals surface area contributed by atoms with Crippen LogP contribution in [0.1, 0.15) is 27.1 Å². The van der Waals surface area contributed by atoms with Gasteiger partial charge in [0.15, 0.2) is 4.96 Å². The Hall–Kier alpha value is -3.23. The quantitative estimate of drug-likeness (QED) is 0.464. The van der Waals surface area contributed by atoms with Gasteiger partial charge in [-0.3, -0.25) is 14.0 Å². The van der Waals surface area contributed by atoms with Crippen molar-refractivity contribution in [3.8, 4) is 11.3 Å². The van der Waals surface area contributed by atoms with E-state index in [1.165, 1.54) is 6.42 Å². The average molecular weight is 432 g/mol. The fourth-order valence-corrected chi connectivity index (χ4v) is 5.69. The summed E-state index contributed by atoms with van der Waals surface area (Å²) in [7, 11) is 1.62. The Bertz CT molecular complexity index is 1330. The number of benzene rings is 2. The third kappa shape index (κ3) is 2.94. The standard InChI is InChI=1S/C23H21N5O2S/c1-24-21(29)13-4-2-12(3-5-13)17-11-28-18-7-6-14(9-19(18)31-23(28)26-17)22(30)27-20-15-8-16(20)25-10-15/h2-7,9,11,15-16,20,25H,8,10H2,1H3,(H,24,29)(H,27,30)/t15-,16-,20+/m1/s1. The van der Waals surface area contributed by atoms with E-state index in [9.17, 15) is 9.59 Å². The number of carbonyl (C=O) groups excluding carboxylic acids is 2. The summed E-state index contributed by atoms with van der Waals surface area (Å²) in [5.74, 6) is 0.462. The Morgan fingerprint density at radius 3 is 2.65 bits per heavy atom. The summed E-state index contributed by atoms with van der Waals surface area (Å²) in [5, 5.41) is 9.24. The lowest BCUT2D eigenvalue weighted by atomic mass is 9.80. The molecule has 2 aromatic heterocycles. The smallest absolute Gasteiger partial charge is 0.251 e. The number of amides is 2. The van der Waals surface area contributed by atoms with Gasteiger partial charge < -0.3 is 16.0 Å². The van der Waals surface area contributed by atoms with Gasteiger partial charge in [-0.15, -0.1) is 0 Å². The molecule has 2 bridgehead atoms. The Kier molecular flexibility index (Phi) is 4.12. The number of thiazole rings is 1. The summed E-state index contributed by atoms with van der Waals surface area (Å²) in [4.78, 5) is 30.1. The number of nitrogens with zero attached hydrogens (tertiary/aromatic N) is 2. The molecule has 0 spiro atoms. The molecule has 3 aliphatic rings. The summed E-state index contributed by atoms with van der Waals surface area (Å²) in [6, 6.07) is 13.9. The van der Waals surface area contributed by atoms with Gasteiger partial charge in [0.25, 0.3) is 11.8 Å². The van der Waals surface area contributed by atoms with E-state index >= 15 is 0 Å². The molecule has 7 nitrogen and oxygen atoms in total. The van der Waals surface area contributed by atoms with Crippen LogP contribution in [-0.2, 0) is 0 Å². The van der Waals surface area contributed by atoms with Crippen molar-refractivity contribution in [2.75, 3.05) is 13.6 Å². The van der Waals surface area contributed by atoms with E-state index in [4.69, 9.17) is 4.98 Å². The van der Waals surface area contributed by atoms with Crippen molar-refractivity contribution in [1.82, 2.24) is 25.3 Å². The molecule has 0 unspecified atom stereocenters. The van der Waals surface area contributed by atoms with Gasteiger partial charge >= 0.3 is 0 Å². The van der Waals surface area contributed by atoms with E-state index < -0.39 is 0 Å². The summed E-state index contributed by atoms with van der Waals surface area (Å²) in [6.07, 6.45) is 3.17. The van der Waals surface area contributed by atoms with Crippen molar-refractivity contribution in [3.05, 3.63) is 59.8 Å². The van der Waals surface area contributed by atoms with E-state index in [1.54, 1.807) is 30.5 Å². The molecule has 8 heteroatoms. The van der Waals surface area contributed by atoms with Gasteiger partial charge in [0.05, 0.1) is 15.9 Å². The minimum Gasteiger partial charge on any atom is -0.355 e. The van der Waals surface area contributed by atoms with Crippen LogP contribution in [0.5, 0.6) is 0 Å². The molecule has 0 radical (unpaired) electrons. The number of hydrogen-bond acceptors (Lipinski definition) is 5. The Labute approximate surface area is 182 Å². The van der Waals surface area contributed by atoms with E-state index in [2.05, 4.69) is 20.4 Å². The van der Waals surface area contributed by atoms with Crippen LogP contribution in [0.4, 0.5) is 0 Å². The summed E-state index contributed by atoms with van der Waals surface area (Å²) < 4.78 is 3.09. The normalized spacial score (nSPS) is 21.9. The molecule has 4 heterocycles. The minimum atomic E-state index is -0.107. The SMILES string of the molecule is CNC(=O)c1ccc(-c2cn3c(n2)sc2cc(C(=O)N[C@H]4[C@H]5CN[C@@H]4C5)ccc23)cc1. The zero-order chi connectivity index (χ0) is 21.1. The molecule has 4 aromatic rings. The molecule has 2 aliphatic heterocycles. The first-order valence-corrected chi connectivity index (χ1v) is 11.2. The molecule has 1 saturated carbocycles. The van der Waals surface area contributed by atoms with E-state index in [-0.39, 0.29) is 17.9 Å². The van der Waals surface area contributed by atoms with Crippen LogP contribution in [0, 0.1) is 5.92 Å². The molecule has 31 heavy (non-hydrogen) atoms. The van der Waals surface area contributed by atoms with Crippen molar-refractivity contribution < 1.29 is 9.59 Å². The average Bonchev–Trinajstić information content (AvgIpc) is 3.57. The number of carbonyl (C=O) groups is 2. The summed E-state index contributed by atoms with van der Waals surface area (Å²) in [5.41, 5.74) is 4.15. The highest BCUT2D eigenvalue weighted by Gasteiger charge is 2.47. The molecular formula is C23H21N5O2S. The van der Waals surface area contributed by atoms with Gasteiger partial charge in [0.2, 0.25) is 0 Å². The molecule has 1 aliphatic carbocycles. The molecule has 7 rings (SSSR count). The molecule has 3 atom stereocenters. The fourth-order valence-electron chi connectivity index (χ4n) is 4.65. The lowest BCUT2D eigenvalue weighted by Crippen LogP contribution is -2.54. The maximum atomic E-state index is 12.7. The first kappa shape index (κ1) is 18.5. The van der Waals surface area contributed by atoms with Crippen molar-refractivity contribution in [1.29, 1.82) is 0 Å². The van der Waals surface area contributed by atoms with Gasteiger partial charge in [0, 0.05) is 48.6 Å². The molecule has 156 valence electrons. The van der Waals surface area contributed by atoms with Crippen LogP contribution in [0.3, 0.4) is 0 Å². The Balaban J connectivity index is 1.27. The van der Waals surface area contributed by atoms with Gasteiger partial charge in [-0.25, -0.2) is 4.98 Å². The minimum absolute atomic E-state index is 0.00626. The highest BCUT2D eigenvalue weighted by molar-refractivity contribution is 7.23. The molecule has 2 aromatic carbocycles. The second-order valence-corrected chi connectivity index (χ2v) is 9.24. The summed E-state index contributed by atoms with van der Waals surface area (Å²) in [6.45, 7) is 1.01. The Morgan fingerprint density at radius 2 is 1.94 bits per heavy atom. The van der Waals surface area contributed by atoms with Crippen LogP contribution in [0.15, 0.2) is 48.7 Å². The molecule has 3 fully saturated rings. The first-order valence-electron chi connectivity index (χ1n) is 10.4. The van der Waals surface area contributed by atoms with Crippen molar-refractivity contribution in [2.24, 2.45) is 5.92 Å². The Morgan fingerprint density at radius 1 is 1.13 bits per heavy atom. The highest BCUT2D eigenvalue weighted by Crippen LogP contribution is 2.34. The monoisotopic (exact) mass is 431 g/mol. The van der Waals surface area contributed by atoms with Crippen molar-refractivity contribution in [3.63, 3.8) is 0 Å². The fraction of sp³-hybridized carbons (Fsp3) is 0.261. The van der Waals surface area contributed by atoms with Crippen LogP contribution in [0.2, 0.25) is 0 Å². The molecular weight excluding hydrogens is 410 g/mol. The molecule has 2 saturated heterocycles. The maximum absolute atomic E-state index is 12.7. The van der Waals surface area contributed by atoms with Crippen molar-refractivity contribution in [2.45, 2.75) is 18.5 Å². The number of aromatic nitrogens is 2. The predicted octanol–water partition coefficient (Wildman–Crippen LogP) is 2.67. The highest BCUT2D eigenvalue weighted by atomic mass is 32.1. The molecule has 3 N–H and O–H groups in total. The van der Waals surface area contributed by atoms with Crippen LogP contribution in [-0.4, -0.2) is 46.9 Å². The second-order valence-electron chi connectivity index (χ2n) is 8.23. The van der Waals surface area contributed by atoms with E-state index in [0.29, 0.717) is 23.1 Å². The number of imidazole rings is 1. The number of rotatable bonds is 4. The van der Waals surface area contributed by atoms with Gasteiger partial charge in [-0.2, -0.15) is 0 Å².